The fraction of sp³-hybridized carbons (Fsp3) is 0.900. The highest BCUT2D eigenvalue weighted by Crippen LogP contribution is 2.35. The lowest BCUT2D eigenvalue weighted by molar-refractivity contribution is -0.140. The fourth-order valence-electron chi connectivity index (χ4n) is 1.75. The van der Waals surface area contributed by atoms with Crippen molar-refractivity contribution in [1.29, 1.82) is 0 Å². The summed E-state index contributed by atoms with van der Waals surface area (Å²) in [4.78, 5) is 10.7. The van der Waals surface area contributed by atoms with E-state index >= 15 is 0 Å². The van der Waals surface area contributed by atoms with E-state index in [1.165, 1.54) is 0 Å². The van der Waals surface area contributed by atoms with Crippen molar-refractivity contribution < 1.29 is 14.6 Å². The van der Waals surface area contributed by atoms with E-state index in [-0.39, 0.29) is 4.87 Å². The topological polar surface area (TPSA) is 58.6 Å². The van der Waals surface area contributed by atoms with Crippen LogP contribution >= 0.6 is 11.8 Å². The van der Waals surface area contributed by atoms with Gasteiger partial charge in [0.1, 0.15) is 6.04 Å². The monoisotopic (exact) mass is 233 g/mol. The molecule has 0 saturated carbocycles. The molecule has 0 aromatic heterocycles. The number of methoxy groups -OCH3 is 1. The Balaban J connectivity index is 2.75. The molecule has 0 spiro atoms. The average Bonchev–Trinajstić information content (AvgIpc) is 2.18. The first-order valence-electron chi connectivity index (χ1n) is 5.15. The van der Waals surface area contributed by atoms with Gasteiger partial charge in [0.15, 0.2) is 0 Å². The highest BCUT2D eigenvalue weighted by atomic mass is 32.2. The highest BCUT2D eigenvalue weighted by molar-refractivity contribution is 8.00. The summed E-state index contributed by atoms with van der Waals surface area (Å²) >= 11 is 1.77. The Morgan fingerprint density at radius 1 is 1.73 bits per heavy atom. The zero-order valence-corrected chi connectivity index (χ0v) is 10.3. The van der Waals surface area contributed by atoms with Gasteiger partial charge in [-0.15, -0.1) is 11.8 Å². The Morgan fingerprint density at radius 2 is 2.40 bits per heavy atom. The van der Waals surface area contributed by atoms with Gasteiger partial charge in [-0.05, 0) is 18.1 Å². The summed E-state index contributed by atoms with van der Waals surface area (Å²) in [5.74, 6) is 0.437. The van der Waals surface area contributed by atoms with Crippen molar-refractivity contribution in [3.8, 4) is 0 Å². The standard InChI is InChI=1S/C10H19NO3S/c1-7(2)10(6-14-3)11-8(9(12)13)4-5-15-10/h7-8,11H,4-6H2,1-3H3,(H,12,13). The van der Waals surface area contributed by atoms with E-state index in [0.29, 0.717) is 18.9 Å². The lowest BCUT2D eigenvalue weighted by Gasteiger charge is -2.43. The molecule has 5 heteroatoms. The van der Waals surface area contributed by atoms with Crippen molar-refractivity contribution in [3.63, 3.8) is 0 Å². The van der Waals surface area contributed by atoms with Crippen LogP contribution in [0.1, 0.15) is 20.3 Å². The van der Waals surface area contributed by atoms with E-state index < -0.39 is 12.0 Å². The maximum absolute atomic E-state index is 11.0. The molecule has 0 aliphatic carbocycles. The molecule has 0 aromatic carbocycles. The predicted molar refractivity (Wildman–Crippen MR) is 61.1 cm³/mol. The number of hydrogen-bond donors (Lipinski definition) is 2. The molecule has 1 saturated heterocycles. The molecule has 15 heavy (non-hydrogen) atoms. The van der Waals surface area contributed by atoms with Crippen molar-refractivity contribution in [2.45, 2.75) is 31.2 Å². The van der Waals surface area contributed by atoms with Gasteiger partial charge in [0.25, 0.3) is 0 Å². The van der Waals surface area contributed by atoms with Gasteiger partial charge in [0, 0.05) is 7.11 Å². The number of aliphatic carboxylic acids is 1. The Hall–Kier alpha value is -0.260. The first kappa shape index (κ1) is 12.8. The highest BCUT2D eigenvalue weighted by Gasteiger charge is 2.41. The predicted octanol–water partition coefficient (Wildman–Crippen LogP) is 1.16. The summed E-state index contributed by atoms with van der Waals surface area (Å²) in [6, 6.07) is -0.441. The molecule has 4 nitrogen and oxygen atoms in total. The Labute approximate surface area is 94.8 Å². The third-order valence-electron chi connectivity index (χ3n) is 2.77. The molecule has 0 aromatic rings. The van der Waals surface area contributed by atoms with E-state index in [1.54, 1.807) is 18.9 Å². The van der Waals surface area contributed by atoms with Crippen LogP contribution in [0.25, 0.3) is 0 Å². The number of rotatable bonds is 4. The molecule has 0 bridgehead atoms. The molecule has 2 unspecified atom stereocenters. The third kappa shape index (κ3) is 2.86. The van der Waals surface area contributed by atoms with E-state index in [2.05, 4.69) is 19.2 Å². The van der Waals surface area contributed by atoms with Crippen LogP contribution < -0.4 is 5.32 Å². The summed E-state index contributed by atoms with van der Waals surface area (Å²) in [6.45, 7) is 4.71. The Kier molecular flexibility index (Phi) is 4.43. The molecule has 0 radical (unpaired) electrons. The lowest BCUT2D eigenvalue weighted by atomic mass is 10.0. The molecule has 0 amide bonds. The van der Waals surface area contributed by atoms with Crippen molar-refractivity contribution in [2.24, 2.45) is 5.92 Å². The summed E-state index contributed by atoms with van der Waals surface area (Å²) in [7, 11) is 1.65. The van der Waals surface area contributed by atoms with Gasteiger partial charge in [-0.25, -0.2) is 0 Å². The van der Waals surface area contributed by atoms with E-state index in [9.17, 15) is 4.79 Å². The quantitative estimate of drug-likeness (QED) is 0.763. The normalized spacial score (nSPS) is 31.9. The van der Waals surface area contributed by atoms with Crippen molar-refractivity contribution in [1.82, 2.24) is 5.32 Å². The number of nitrogens with one attached hydrogen (secondary N) is 1. The largest absolute Gasteiger partial charge is 0.480 e. The second-order valence-corrected chi connectivity index (χ2v) is 5.57. The SMILES string of the molecule is COCC1(C(C)C)NC(C(=O)O)CCS1. The summed E-state index contributed by atoms with van der Waals surface area (Å²) in [5, 5.41) is 12.2. The minimum Gasteiger partial charge on any atom is -0.480 e. The molecule has 2 N–H and O–H groups in total. The molecule has 2 atom stereocenters. The van der Waals surface area contributed by atoms with Crippen LogP contribution in [0.5, 0.6) is 0 Å². The second-order valence-electron chi connectivity index (χ2n) is 4.15. The third-order valence-corrected chi connectivity index (χ3v) is 4.44. The number of hydrogen-bond acceptors (Lipinski definition) is 4. The summed E-state index contributed by atoms with van der Waals surface area (Å²) in [6.07, 6.45) is 0.679. The molecule has 1 heterocycles. The molecular formula is C10H19NO3S. The van der Waals surface area contributed by atoms with Gasteiger partial charge in [-0.2, -0.15) is 0 Å². The molecule has 1 aliphatic rings. The number of ether oxygens (including phenoxy) is 1. The molecule has 1 aliphatic heterocycles. The minimum absolute atomic E-state index is 0.254. The van der Waals surface area contributed by atoms with Crippen LogP contribution in [0.15, 0.2) is 0 Å². The Morgan fingerprint density at radius 3 is 2.87 bits per heavy atom. The average molecular weight is 233 g/mol. The van der Waals surface area contributed by atoms with Gasteiger partial charge >= 0.3 is 5.97 Å². The number of carboxylic acid groups (broad SMARTS) is 1. The molecule has 1 fully saturated rings. The maximum Gasteiger partial charge on any atom is 0.320 e. The van der Waals surface area contributed by atoms with Crippen LogP contribution in [-0.4, -0.2) is 41.5 Å². The van der Waals surface area contributed by atoms with Gasteiger partial charge in [-0.3, -0.25) is 10.1 Å². The smallest absolute Gasteiger partial charge is 0.320 e. The van der Waals surface area contributed by atoms with Crippen LogP contribution in [-0.2, 0) is 9.53 Å². The van der Waals surface area contributed by atoms with Crippen LogP contribution in [0, 0.1) is 5.92 Å². The second kappa shape index (κ2) is 5.18. The van der Waals surface area contributed by atoms with Gasteiger partial charge in [0.05, 0.1) is 11.5 Å². The lowest BCUT2D eigenvalue weighted by Crippen LogP contribution is -2.59. The molecule has 88 valence electrons. The van der Waals surface area contributed by atoms with Gasteiger partial charge < -0.3 is 9.84 Å². The molecular weight excluding hydrogens is 214 g/mol. The first-order valence-corrected chi connectivity index (χ1v) is 6.14. The zero-order chi connectivity index (χ0) is 11.5. The van der Waals surface area contributed by atoms with E-state index in [1.807, 2.05) is 0 Å². The van der Waals surface area contributed by atoms with Crippen LogP contribution in [0.2, 0.25) is 0 Å². The minimum atomic E-state index is -0.767. The van der Waals surface area contributed by atoms with Crippen LogP contribution in [0.4, 0.5) is 0 Å². The Bertz CT molecular complexity index is 231. The summed E-state index contributed by atoms with van der Waals surface area (Å²) < 4.78 is 5.20. The van der Waals surface area contributed by atoms with E-state index in [4.69, 9.17) is 9.84 Å². The van der Waals surface area contributed by atoms with Gasteiger partial charge in [0.2, 0.25) is 0 Å². The number of carbonyl (C=O) groups is 1. The molecule has 1 rings (SSSR count). The fourth-order valence-corrected chi connectivity index (χ4v) is 3.23. The maximum atomic E-state index is 11.0. The van der Waals surface area contributed by atoms with E-state index in [0.717, 1.165) is 5.75 Å². The number of thioether (sulfide) groups is 1. The first-order chi connectivity index (χ1) is 7.02. The van der Waals surface area contributed by atoms with Gasteiger partial charge in [-0.1, -0.05) is 13.8 Å². The van der Waals surface area contributed by atoms with Crippen molar-refractivity contribution in [2.75, 3.05) is 19.5 Å². The zero-order valence-electron chi connectivity index (χ0n) is 9.45. The van der Waals surface area contributed by atoms with Crippen LogP contribution in [0.3, 0.4) is 0 Å². The van der Waals surface area contributed by atoms with Crippen molar-refractivity contribution in [3.05, 3.63) is 0 Å². The summed E-state index contributed by atoms with van der Waals surface area (Å²) in [5.41, 5.74) is 0. The van der Waals surface area contributed by atoms with Crippen molar-refractivity contribution >= 4 is 17.7 Å². The number of carboxylic acids is 1.